The quantitative estimate of drug-likeness (QED) is 0.745. The summed E-state index contributed by atoms with van der Waals surface area (Å²) < 4.78 is 5.34. The number of anilines is 1. The first kappa shape index (κ1) is 18.7. The van der Waals surface area contributed by atoms with E-state index in [9.17, 15) is 9.59 Å². The zero-order chi connectivity index (χ0) is 19.5. The van der Waals surface area contributed by atoms with E-state index in [1.165, 1.54) is 10.5 Å². The lowest BCUT2D eigenvalue weighted by molar-refractivity contribution is -0.123. The molecule has 0 saturated carbocycles. The highest BCUT2D eigenvalue weighted by atomic mass is 16.5. The molecule has 0 spiro atoms. The molecule has 2 saturated heterocycles. The molecule has 2 aromatic carbocycles. The summed E-state index contributed by atoms with van der Waals surface area (Å²) in [7, 11) is 1.55. The second-order valence-electron chi connectivity index (χ2n) is 7.26. The molecule has 2 aliphatic rings. The fourth-order valence-electron chi connectivity index (χ4n) is 4.04. The van der Waals surface area contributed by atoms with E-state index in [0.717, 1.165) is 32.7 Å². The predicted molar refractivity (Wildman–Crippen MR) is 107 cm³/mol. The molecular weight excluding hydrogens is 354 g/mol. The van der Waals surface area contributed by atoms with Crippen LogP contribution in [-0.4, -0.2) is 60.9 Å². The van der Waals surface area contributed by atoms with Crippen LogP contribution in [-0.2, 0) is 16.1 Å². The molecule has 0 N–H and O–H groups in total. The Bertz CT molecular complexity index is 847. The third kappa shape index (κ3) is 3.66. The number of carbonyl (C=O) groups is 2. The van der Waals surface area contributed by atoms with Crippen molar-refractivity contribution in [2.45, 2.75) is 19.0 Å². The minimum atomic E-state index is -0.378. The van der Waals surface area contributed by atoms with E-state index in [0.29, 0.717) is 11.4 Å². The topological polar surface area (TPSA) is 53.1 Å². The monoisotopic (exact) mass is 379 g/mol. The number of ether oxygens (including phenoxy) is 1. The lowest BCUT2D eigenvalue weighted by atomic mass is 10.1. The maximum atomic E-state index is 13.1. The highest BCUT2D eigenvalue weighted by molar-refractivity contribution is 6.23. The SMILES string of the molecule is COc1ccccc1N1C(=O)C[C@H](N2CCN(Cc3ccccc3)CC2)C1=O. The largest absolute Gasteiger partial charge is 0.495 e. The Morgan fingerprint density at radius 2 is 1.61 bits per heavy atom. The van der Waals surface area contributed by atoms with E-state index >= 15 is 0 Å². The first-order valence-electron chi connectivity index (χ1n) is 9.67. The Morgan fingerprint density at radius 1 is 0.929 bits per heavy atom. The zero-order valence-electron chi connectivity index (χ0n) is 16.1. The summed E-state index contributed by atoms with van der Waals surface area (Å²) in [5, 5.41) is 0. The number of rotatable bonds is 5. The number of carbonyl (C=O) groups excluding carboxylic acids is 2. The van der Waals surface area contributed by atoms with E-state index in [1.807, 2.05) is 18.2 Å². The summed E-state index contributed by atoms with van der Waals surface area (Å²) in [5.74, 6) is 0.231. The van der Waals surface area contributed by atoms with Crippen molar-refractivity contribution in [1.29, 1.82) is 0 Å². The lowest BCUT2D eigenvalue weighted by Crippen LogP contribution is -2.52. The average Bonchev–Trinajstić information content (AvgIpc) is 3.03. The molecule has 4 rings (SSSR count). The Kier molecular flexibility index (Phi) is 5.41. The van der Waals surface area contributed by atoms with Gasteiger partial charge in [-0.3, -0.25) is 19.4 Å². The van der Waals surface area contributed by atoms with Gasteiger partial charge in [0.25, 0.3) is 5.91 Å². The van der Waals surface area contributed by atoms with Gasteiger partial charge in [-0.05, 0) is 17.7 Å². The molecule has 2 amide bonds. The van der Waals surface area contributed by atoms with Crippen LogP contribution in [0.1, 0.15) is 12.0 Å². The summed E-state index contributed by atoms with van der Waals surface area (Å²) in [6.45, 7) is 4.27. The van der Waals surface area contributed by atoms with Crippen molar-refractivity contribution in [1.82, 2.24) is 9.80 Å². The first-order chi connectivity index (χ1) is 13.7. The highest BCUT2D eigenvalue weighted by Crippen LogP contribution is 2.33. The van der Waals surface area contributed by atoms with Gasteiger partial charge in [-0.2, -0.15) is 0 Å². The van der Waals surface area contributed by atoms with Crippen LogP contribution in [0.15, 0.2) is 54.6 Å². The standard InChI is InChI=1S/C22H25N3O3/c1-28-20-10-6-5-9-18(20)25-21(26)15-19(22(25)27)24-13-11-23(12-14-24)16-17-7-3-2-4-8-17/h2-10,19H,11-16H2,1H3/t19-/m0/s1. The molecule has 6 nitrogen and oxygen atoms in total. The first-order valence-corrected chi connectivity index (χ1v) is 9.67. The molecule has 0 bridgehead atoms. The van der Waals surface area contributed by atoms with Gasteiger partial charge in [0.15, 0.2) is 0 Å². The van der Waals surface area contributed by atoms with Gasteiger partial charge in [0.2, 0.25) is 5.91 Å². The van der Waals surface area contributed by atoms with Crippen LogP contribution in [0.3, 0.4) is 0 Å². The molecule has 2 fully saturated rings. The van der Waals surface area contributed by atoms with E-state index in [-0.39, 0.29) is 24.3 Å². The summed E-state index contributed by atoms with van der Waals surface area (Å²) in [6.07, 6.45) is 0.232. The average molecular weight is 379 g/mol. The number of methoxy groups -OCH3 is 1. The molecule has 1 atom stereocenters. The Balaban J connectivity index is 1.41. The maximum Gasteiger partial charge on any atom is 0.251 e. The molecule has 146 valence electrons. The number of nitrogens with zero attached hydrogens (tertiary/aromatic N) is 3. The molecular formula is C22H25N3O3. The van der Waals surface area contributed by atoms with Gasteiger partial charge in [0.1, 0.15) is 5.75 Å². The number of piperazine rings is 1. The van der Waals surface area contributed by atoms with Crippen molar-refractivity contribution >= 4 is 17.5 Å². The second-order valence-corrected chi connectivity index (χ2v) is 7.26. The molecule has 28 heavy (non-hydrogen) atoms. The van der Waals surface area contributed by atoms with E-state index in [1.54, 1.807) is 19.2 Å². The third-order valence-corrected chi connectivity index (χ3v) is 5.55. The van der Waals surface area contributed by atoms with Gasteiger partial charge in [-0.25, -0.2) is 4.90 Å². The Labute approximate surface area is 165 Å². The van der Waals surface area contributed by atoms with Gasteiger partial charge in [0, 0.05) is 32.7 Å². The maximum absolute atomic E-state index is 13.1. The van der Waals surface area contributed by atoms with Crippen LogP contribution in [0.2, 0.25) is 0 Å². The summed E-state index contributed by atoms with van der Waals surface area (Å²) in [6, 6.07) is 17.2. The molecule has 6 heteroatoms. The van der Waals surface area contributed by atoms with Crippen LogP contribution in [0.25, 0.3) is 0 Å². The third-order valence-electron chi connectivity index (χ3n) is 5.55. The molecule has 0 radical (unpaired) electrons. The van der Waals surface area contributed by atoms with Crippen LogP contribution in [0, 0.1) is 0 Å². The van der Waals surface area contributed by atoms with E-state index in [4.69, 9.17) is 4.74 Å². The number of imide groups is 1. The van der Waals surface area contributed by atoms with Crippen LogP contribution < -0.4 is 9.64 Å². The van der Waals surface area contributed by atoms with Crippen LogP contribution in [0.4, 0.5) is 5.69 Å². The Morgan fingerprint density at radius 3 is 2.32 bits per heavy atom. The van der Waals surface area contributed by atoms with E-state index in [2.05, 4.69) is 34.1 Å². The normalized spacial score (nSPS) is 21.3. The van der Waals surface area contributed by atoms with Crippen LogP contribution >= 0.6 is 0 Å². The van der Waals surface area contributed by atoms with Crippen molar-refractivity contribution in [2.24, 2.45) is 0 Å². The van der Waals surface area contributed by atoms with Crippen LogP contribution in [0.5, 0.6) is 5.75 Å². The molecule has 0 aliphatic carbocycles. The van der Waals surface area contributed by atoms with Crippen molar-refractivity contribution in [3.63, 3.8) is 0 Å². The lowest BCUT2D eigenvalue weighted by Gasteiger charge is -2.37. The molecule has 2 heterocycles. The minimum Gasteiger partial charge on any atom is -0.495 e. The van der Waals surface area contributed by atoms with Gasteiger partial charge >= 0.3 is 0 Å². The summed E-state index contributed by atoms with van der Waals surface area (Å²) >= 11 is 0. The second kappa shape index (κ2) is 8.12. The molecule has 2 aliphatic heterocycles. The summed E-state index contributed by atoms with van der Waals surface area (Å²) in [4.78, 5) is 31.5. The van der Waals surface area contributed by atoms with Crippen molar-refractivity contribution in [3.8, 4) is 5.75 Å². The van der Waals surface area contributed by atoms with Crippen molar-refractivity contribution in [3.05, 3.63) is 60.2 Å². The van der Waals surface area contributed by atoms with E-state index < -0.39 is 0 Å². The minimum absolute atomic E-state index is 0.147. The zero-order valence-corrected chi connectivity index (χ0v) is 16.1. The molecule has 0 aromatic heterocycles. The number of hydrogen-bond donors (Lipinski definition) is 0. The predicted octanol–water partition coefficient (Wildman–Crippen LogP) is 2.14. The number of amides is 2. The number of para-hydroxylation sites is 2. The smallest absolute Gasteiger partial charge is 0.251 e. The van der Waals surface area contributed by atoms with Gasteiger partial charge in [0.05, 0.1) is 25.3 Å². The fraction of sp³-hybridized carbons (Fsp3) is 0.364. The van der Waals surface area contributed by atoms with Gasteiger partial charge in [-0.1, -0.05) is 42.5 Å². The van der Waals surface area contributed by atoms with Crippen molar-refractivity contribution < 1.29 is 14.3 Å². The highest BCUT2D eigenvalue weighted by Gasteiger charge is 2.44. The van der Waals surface area contributed by atoms with Gasteiger partial charge in [-0.15, -0.1) is 0 Å². The number of hydrogen-bond acceptors (Lipinski definition) is 5. The fourth-order valence-corrected chi connectivity index (χ4v) is 4.04. The molecule has 2 aromatic rings. The number of benzene rings is 2. The Hall–Kier alpha value is -2.70. The van der Waals surface area contributed by atoms with Crippen molar-refractivity contribution in [2.75, 3.05) is 38.2 Å². The molecule has 0 unspecified atom stereocenters. The van der Waals surface area contributed by atoms with Gasteiger partial charge < -0.3 is 4.74 Å². The summed E-state index contributed by atoms with van der Waals surface area (Å²) in [5.41, 5.74) is 1.83.